The van der Waals surface area contributed by atoms with E-state index >= 15 is 0 Å². The Bertz CT molecular complexity index is 1570. The molecule has 1 fully saturated rings. The zero-order valence-electron chi connectivity index (χ0n) is 26.0. The predicted octanol–water partition coefficient (Wildman–Crippen LogP) is 9.41. The summed E-state index contributed by atoms with van der Waals surface area (Å²) in [5.74, 6) is -1.01. The lowest BCUT2D eigenvalue weighted by Gasteiger charge is -2.14. The number of amides is 2. The van der Waals surface area contributed by atoms with Crippen molar-refractivity contribution in [1.82, 2.24) is 4.90 Å². The molecule has 0 saturated carbocycles. The van der Waals surface area contributed by atoms with Gasteiger partial charge in [-0.15, -0.1) is 0 Å². The quantitative estimate of drug-likeness (QED) is 0.197. The molecule has 46 heavy (non-hydrogen) atoms. The van der Waals surface area contributed by atoms with Gasteiger partial charge in [0.1, 0.15) is 30.6 Å². The average molecular weight is 642 g/mol. The van der Waals surface area contributed by atoms with Crippen molar-refractivity contribution in [3.8, 4) is 16.9 Å². The minimum absolute atomic E-state index is 0.0920. The van der Waals surface area contributed by atoms with Gasteiger partial charge in [0.25, 0.3) is 0 Å². The first-order valence-electron chi connectivity index (χ1n) is 14.6. The van der Waals surface area contributed by atoms with Crippen LogP contribution < -0.4 is 4.74 Å². The highest BCUT2D eigenvalue weighted by Gasteiger charge is 2.30. The maximum Gasteiger partial charge on any atom is 0.416 e. The van der Waals surface area contributed by atoms with Crippen LogP contribution >= 0.6 is 0 Å². The number of halogens is 5. The predicted molar refractivity (Wildman–Crippen MR) is 166 cm³/mol. The van der Waals surface area contributed by atoms with Gasteiger partial charge in [0.05, 0.1) is 18.5 Å². The topological polar surface area (TPSA) is 55.8 Å². The summed E-state index contributed by atoms with van der Waals surface area (Å²) in [6, 6.07) is 22.3. The Morgan fingerprint density at radius 3 is 1.96 bits per heavy atom. The van der Waals surface area contributed by atoms with Gasteiger partial charge in [-0.1, -0.05) is 74.9 Å². The number of rotatable bonds is 6. The van der Waals surface area contributed by atoms with E-state index in [1.54, 1.807) is 6.07 Å². The number of alkyl halides is 3. The first-order chi connectivity index (χ1) is 21.7. The molecule has 1 heterocycles. The van der Waals surface area contributed by atoms with Crippen LogP contribution in [0.4, 0.5) is 26.7 Å². The Hall–Kier alpha value is -4.73. The summed E-state index contributed by atoms with van der Waals surface area (Å²) >= 11 is 0. The molecule has 0 radical (unpaired) electrons. The zero-order valence-corrected chi connectivity index (χ0v) is 26.0. The van der Waals surface area contributed by atoms with Gasteiger partial charge in [0.15, 0.2) is 0 Å². The van der Waals surface area contributed by atoms with Crippen LogP contribution in [0.25, 0.3) is 11.1 Å². The molecule has 10 heteroatoms. The molecule has 4 aromatic rings. The van der Waals surface area contributed by atoms with Crippen molar-refractivity contribution in [2.24, 2.45) is 5.92 Å². The molecular formula is C36H36F5NO4. The van der Waals surface area contributed by atoms with Crippen molar-refractivity contribution in [1.29, 1.82) is 0 Å². The zero-order chi connectivity index (χ0) is 33.9. The van der Waals surface area contributed by atoms with E-state index in [0.717, 1.165) is 41.1 Å². The largest absolute Gasteiger partial charge is 0.489 e. The van der Waals surface area contributed by atoms with Gasteiger partial charge in [-0.05, 0) is 71.5 Å². The Morgan fingerprint density at radius 2 is 1.46 bits per heavy atom. The average Bonchev–Trinajstić information content (AvgIpc) is 3.41. The number of cyclic esters (lactones) is 1. The van der Waals surface area contributed by atoms with Crippen LogP contribution in [0, 0.1) is 24.5 Å². The van der Waals surface area contributed by atoms with Crippen molar-refractivity contribution in [2.45, 2.75) is 46.9 Å². The van der Waals surface area contributed by atoms with Crippen molar-refractivity contribution in [2.75, 3.05) is 13.2 Å². The molecule has 0 unspecified atom stereocenters. The van der Waals surface area contributed by atoms with Crippen LogP contribution in [0.1, 0.15) is 43.0 Å². The number of hydrogen-bond donors (Lipinski definition) is 0. The number of nitrogens with zero attached hydrogens (tertiary/aromatic N) is 1. The van der Waals surface area contributed by atoms with Crippen LogP contribution in [0.15, 0.2) is 91.0 Å². The molecule has 1 aliphatic rings. The molecule has 0 aliphatic carbocycles. The van der Waals surface area contributed by atoms with Crippen molar-refractivity contribution in [3.05, 3.63) is 125 Å². The van der Waals surface area contributed by atoms with Gasteiger partial charge in [-0.25, -0.2) is 18.5 Å². The second kappa shape index (κ2) is 16.5. The van der Waals surface area contributed by atoms with E-state index in [1.165, 1.54) is 29.8 Å². The lowest BCUT2D eigenvalue weighted by Crippen LogP contribution is -2.32. The van der Waals surface area contributed by atoms with Gasteiger partial charge in [0, 0.05) is 6.07 Å². The van der Waals surface area contributed by atoms with Crippen LogP contribution in [0.3, 0.4) is 0 Å². The molecule has 2 amide bonds. The van der Waals surface area contributed by atoms with Gasteiger partial charge in [0.2, 0.25) is 5.91 Å². The summed E-state index contributed by atoms with van der Waals surface area (Å²) in [4.78, 5) is 25.2. The summed E-state index contributed by atoms with van der Waals surface area (Å²) < 4.78 is 76.2. The minimum atomic E-state index is -4.49. The number of carbonyl (C=O) groups excluding carboxylic acids is 2. The number of ether oxygens (including phenoxy) is 2. The molecule has 4 aromatic carbocycles. The van der Waals surface area contributed by atoms with E-state index in [4.69, 9.17) is 9.47 Å². The third-order valence-electron chi connectivity index (χ3n) is 6.20. The summed E-state index contributed by atoms with van der Waals surface area (Å²) in [5.41, 5.74) is 2.03. The molecule has 0 aromatic heterocycles. The highest BCUT2D eigenvalue weighted by Crippen LogP contribution is 2.33. The third-order valence-corrected chi connectivity index (χ3v) is 6.20. The molecule has 5 nitrogen and oxygen atoms in total. The smallest absolute Gasteiger partial charge is 0.416 e. The molecule has 244 valence electrons. The minimum Gasteiger partial charge on any atom is -0.489 e. The van der Waals surface area contributed by atoms with Crippen molar-refractivity contribution in [3.63, 3.8) is 0 Å². The molecule has 0 N–H and O–H groups in total. The van der Waals surface area contributed by atoms with Crippen LogP contribution in [-0.4, -0.2) is 30.1 Å². The molecule has 1 saturated heterocycles. The van der Waals surface area contributed by atoms with Gasteiger partial charge < -0.3 is 9.47 Å². The Morgan fingerprint density at radius 1 is 0.848 bits per heavy atom. The first-order valence-corrected chi connectivity index (χ1v) is 14.6. The second-order valence-electron chi connectivity index (χ2n) is 11.2. The first kappa shape index (κ1) is 35.7. The maximum atomic E-state index is 13.5. The summed E-state index contributed by atoms with van der Waals surface area (Å²) in [7, 11) is 0. The Labute approximate surface area is 265 Å². The van der Waals surface area contributed by atoms with E-state index in [1.807, 2.05) is 18.2 Å². The SMILES string of the molecule is CC(C)C.Cc1ccccc1.O=C(Cc1cc(OCc2cc(F)cc(F)c2)cc(-c2ccc(C(F)(F)F)cc2)c1)N1CCOC1=O. The van der Waals surface area contributed by atoms with Gasteiger partial charge in [-0.3, -0.25) is 4.79 Å². The Balaban J connectivity index is 0.000000445. The monoisotopic (exact) mass is 641 g/mol. The van der Waals surface area contributed by atoms with E-state index in [0.29, 0.717) is 16.7 Å². The number of hydrogen-bond acceptors (Lipinski definition) is 4. The lowest BCUT2D eigenvalue weighted by atomic mass is 9.99. The van der Waals surface area contributed by atoms with Crippen molar-refractivity contribution >= 4 is 12.0 Å². The Kier molecular flexibility index (Phi) is 12.9. The van der Waals surface area contributed by atoms with Gasteiger partial charge >= 0.3 is 12.3 Å². The summed E-state index contributed by atoms with van der Waals surface area (Å²) in [6.45, 7) is 8.59. The molecule has 0 atom stereocenters. The fourth-order valence-electron chi connectivity index (χ4n) is 4.15. The summed E-state index contributed by atoms with van der Waals surface area (Å²) in [5, 5.41) is 0. The van der Waals surface area contributed by atoms with Gasteiger partial charge in [-0.2, -0.15) is 13.2 Å². The molecule has 1 aliphatic heterocycles. The van der Waals surface area contributed by atoms with E-state index in [9.17, 15) is 31.5 Å². The third kappa shape index (κ3) is 11.6. The van der Waals surface area contributed by atoms with Crippen LogP contribution in [0.5, 0.6) is 5.75 Å². The number of imide groups is 1. The molecular weight excluding hydrogens is 605 g/mol. The van der Waals surface area contributed by atoms with Crippen LogP contribution in [-0.2, 0) is 28.7 Å². The number of benzene rings is 4. The van der Waals surface area contributed by atoms with E-state index in [2.05, 4.69) is 39.8 Å². The van der Waals surface area contributed by atoms with E-state index in [-0.39, 0.29) is 37.5 Å². The molecule has 0 spiro atoms. The maximum absolute atomic E-state index is 13.5. The normalized spacial score (nSPS) is 12.5. The lowest BCUT2D eigenvalue weighted by molar-refractivity contribution is -0.137. The fraction of sp³-hybridized carbons (Fsp3) is 0.278. The highest BCUT2D eigenvalue weighted by atomic mass is 19.4. The molecule has 0 bridgehead atoms. The second-order valence-corrected chi connectivity index (χ2v) is 11.2. The number of aryl methyl sites for hydroxylation is 1. The summed E-state index contributed by atoms with van der Waals surface area (Å²) in [6.07, 6.45) is -5.45. The number of carbonyl (C=O) groups is 2. The highest BCUT2D eigenvalue weighted by molar-refractivity contribution is 5.94. The standard InChI is InChI=1S/C25H18F5NO4.C7H8.C4H10/c26-20-8-16(9-21(27)13-20)14-35-22-10-15(11-23(32)31-5-6-34-24(31)33)7-18(12-22)17-1-3-19(4-2-17)25(28,29)30;1-7-5-3-2-4-6-7;1-4(2)3/h1-4,7-10,12-13H,5-6,11,14H2;2-6H,1H3;4H,1-3H3. The van der Waals surface area contributed by atoms with Crippen LogP contribution in [0.2, 0.25) is 0 Å². The fourth-order valence-corrected chi connectivity index (χ4v) is 4.15. The van der Waals surface area contributed by atoms with Crippen molar-refractivity contribution < 1.29 is 41.0 Å². The van der Waals surface area contributed by atoms with E-state index < -0.39 is 35.4 Å². The molecule has 5 rings (SSSR count).